The standard InChI is InChI=1S/C19H24N6O2/c1-14-4-5-16(15(2)12-14)22-19(27)23-17(26)13-24-8-10-25(11-9-24)18-20-6-3-7-21-18/h3-7,12H,8-11,13H2,1-2H3,(H2,22,23,26,27). The Morgan fingerprint density at radius 1 is 1.07 bits per heavy atom. The molecule has 142 valence electrons. The number of imide groups is 1. The van der Waals surface area contributed by atoms with Crippen molar-refractivity contribution in [2.45, 2.75) is 13.8 Å². The molecule has 27 heavy (non-hydrogen) atoms. The Hall–Kier alpha value is -3.00. The van der Waals surface area contributed by atoms with Crippen molar-refractivity contribution >= 4 is 23.6 Å². The van der Waals surface area contributed by atoms with Crippen molar-refractivity contribution in [3.8, 4) is 0 Å². The molecule has 1 aliphatic heterocycles. The Labute approximate surface area is 158 Å². The van der Waals surface area contributed by atoms with Gasteiger partial charge < -0.3 is 10.2 Å². The van der Waals surface area contributed by atoms with Crippen LogP contribution in [0.5, 0.6) is 0 Å². The lowest BCUT2D eigenvalue weighted by atomic mass is 10.1. The number of nitrogens with one attached hydrogen (secondary N) is 2. The summed E-state index contributed by atoms with van der Waals surface area (Å²) in [5.74, 6) is 0.385. The van der Waals surface area contributed by atoms with Crippen molar-refractivity contribution in [1.29, 1.82) is 0 Å². The average Bonchev–Trinajstić information content (AvgIpc) is 2.65. The van der Waals surface area contributed by atoms with Crippen LogP contribution in [0.2, 0.25) is 0 Å². The molecule has 2 aromatic rings. The van der Waals surface area contributed by atoms with Crippen molar-refractivity contribution < 1.29 is 9.59 Å². The van der Waals surface area contributed by atoms with Crippen LogP contribution in [0.25, 0.3) is 0 Å². The predicted octanol–water partition coefficient (Wildman–Crippen LogP) is 1.56. The van der Waals surface area contributed by atoms with Gasteiger partial charge in [0.15, 0.2) is 0 Å². The van der Waals surface area contributed by atoms with Gasteiger partial charge >= 0.3 is 6.03 Å². The molecule has 1 saturated heterocycles. The number of aromatic nitrogens is 2. The van der Waals surface area contributed by atoms with Crippen molar-refractivity contribution in [2.24, 2.45) is 0 Å². The Morgan fingerprint density at radius 3 is 2.44 bits per heavy atom. The second kappa shape index (κ2) is 8.59. The van der Waals surface area contributed by atoms with Gasteiger partial charge in [0.2, 0.25) is 11.9 Å². The fourth-order valence-electron chi connectivity index (χ4n) is 3.04. The van der Waals surface area contributed by atoms with Gasteiger partial charge in [-0.2, -0.15) is 0 Å². The van der Waals surface area contributed by atoms with E-state index >= 15 is 0 Å². The number of carbonyl (C=O) groups excluding carboxylic acids is 2. The normalized spacial score (nSPS) is 14.7. The van der Waals surface area contributed by atoms with Gasteiger partial charge in [0.1, 0.15) is 0 Å². The maximum atomic E-state index is 12.2. The van der Waals surface area contributed by atoms with Crippen LogP contribution in [0, 0.1) is 13.8 Å². The molecule has 3 amide bonds. The molecule has 8 heteroatoms. The molecule has 1 aromatic carbocycles. The van der Waals surface area contributed by atoms with E-state index in [9.17, 15) is 9.59 Å². The molecule has 2 heterocycles. The maximum Gasteiger partial charge on any atom is 0.325 e. The third-order valence-corrected chi connectivity index (χ3v) is 4.46. The first kappa shape index (κ1) is 18.8. The van der Waals surface area contributed by atoms with Crippen LogP contribution in [0.15, 0.2) is 36.7 Å². The number of nitrogens with zero attached hydrogens (tertiary/aromatic N) is 4. The number of hydrogen-bond acceptors (Lipinski definition) is 6. The number of carbonyl (C=O) groups is 2. The number of piperazine rings is 1. The number of anilines is 2. The minimum atomic E-state index is -0.511. The van der Waals surface area contributed by atoms with E-state index in [0.717, 1.165) is 24.2 Å². The minimum Gasteiger partial charge on any atom is -0.338 e. The SMILES string of the molecule is Cc1ccc(NC(=O)NC(=O)CN2CCN(c3ncccn3)CC2)c(C)c1. The molecule has 0 atom stereocenters. The van der Waals surface area contributed by atoms with Gasteiger partial charge in [0.25, 0.3) is 0 Å². The fraction of sp³-hybridized carbons (Fsp3) is 0.368. The van der Waals surface area contributed by atoms with Gasteiger partial charge in [-0.3, -0.25) is 15.0 Å². The van der Waals surface area contributed by atoms with Crippen molar-refractivity contribution in [3.05, 3.63) is 47.8 Å². The maximum absolute atomic E-state index is 12.2. The van der Waals surface area contributed by atoms with E-state index in [-0.39, 0.29) is 12.5 Å². The van der Waals surface area contributed by atoms with E-state index in [1.807, 2.05) is 36.9 Å². The lowest BCUT2D eigenvalue weighted by Gasteiger charge is -2.34. The molecule has 0 saturated carbocycles. The number of amides is 3. The molecule has 1 aliphatic rings. The molecule has 1 aromatic heterocycles. The summed E-state index contributed by atoms with van der Waals surface area (Å²) in [5.41, 5.74) is 2.77. The average molecular weight is 368 g/mol. The monoisotopic (exact) mass is 368 g/mol. The molecule has 0 aliphatic carbocycles. The highest BCUT2D eigenvalue weighted by Crippen LogP contribution is 2.15. The zero-order valence-corrected chi connectivity index (χ0v) is 15.6. The minimum absolute atomic E-state index is 0.184. The first-order chi connectivity index (χ1) is 13.0. The van der Waals surface area contributed by atoms with E-state index < -0.39 is 6.03 Å². The summed E-state index contributed by atoms with van der Waals surface area (Å²) in [4.78, 5) is 36.8. The molecule has 0 unspecified atom stereocenters. The predicted molar refractivity (Wildman–Crippen MR) is 104 cm³/mol. The van der Waals surface area contributed by atoms with Crippen LogP contribution in [-0.4, -0.2) is 59.5 Å². The Morgan fingerprint density at radius 2 is 1.78 bits per heavy atom. The fourth-order valence-corrected chi connectivity index (χ4v) is 3.04. The molecule has 8 nitrogen and oxygen atoms in total. The summed E-state index contributed by atoms with van der Waals surface area (Å²) in [6, 6.07) is 7.00. The van der Waals surface area contributed by atoms with Crippen molar-refractivity contribution in [1.82, 2.24) is 20.2 Å². The highest BCUT2D eigenvalue weighted by atomic mass is 16.2. The zero-order chi connectivity index (χ0) is 19.2. The molecular formula is C19H24N6O2. The van der Waals surface area contributed by atoms with Crippen molar-refractivity contribution in [2.75, 3.05) is 42.9 Å². The van der Waals surface area contributed by atoms with Gasteiger partial charge in [-0.25, -0.2) is 14.8 Å². The Balaban J connectivity index is 1.44. The first-order valence-electron chi connectivity index (χ1n) is 8.93. The highest BCUT2D eigenvalue weighted by Gasteiger charge is 2.21. The number of urea groups is 1. The van der Waals surface area contributed by atoms with E-state index in [2.05, 4.69) is 25.5 Å². The molecule has 0 spiro atoms. The van der Waals surface area contributed by atoms with Crippen LogP contribution >= 0.6 is 0 Å². The summed E-state index contributed by atoms with van der Waals surface area (Å²) < 4.78 is 0. The quantitative estimate of drug-likeness (QED) is 0.851. The topological polar surface area (TPSA) is 90.5 Å². The van der Waals surface area contributed by atoms with E-state index in [1.54, 1.807) is 18.5 Å². The third-order valence-electron chi connectivity index (χ3n) is 4.46. The molecule has 2 N–H and O–H groups in total. The summed E-state index contributed by atoms with van der Waals surface area (Å²) in [6.07, 6.45) is 3.44. The Kier molecular flexibility index (Phi) is 5.97. The van der Waals surface area contributed by atoms with Gasteiger partial charge in [0.05, 0.1) is 6.54 Å². The van der Waals surface area contributed by atoms with E-state index in [0.29, 0.717) is 24.7 Å². The Bertz CT molecular complexity index is 803. The van der Waals surface area contributed by atoms with Crippen molar-refractivity contribution in [3.63, 3.8) is 0 Å². The summed E-state index contributed by atoms with van der Waals surface area (Å²) >= 11 is 0. The molecule has 0 bridgehead atoms. The van der Waals surface area contributed by atoms with Crippen LogP contribution in [-0.2, 0) is 4.79 Å². The number of aryl methyl sites for hydroxylation is 2. The first-order valence-corrected chi connectivity index (χ1v) is 8.93. The summed E-state index contributed by atoms with van der Waals surface area (Å²) in [7, 11) is 0. The molecule has 3 rings (SSSR count). The highest BCUT2D eigenvalue weighted by molar-refractivity contribution is 6.02. The largest absolute Gasteiger partial charge is 0.338 e. The summed E-state index contributed by atoms with van der Waals surface area (Å²) in [5, 5.41) is 5.11. The van der Waals surface area contributed by atoms with Crippen LogP contribution in [0.1, 0.15) is 11.1 Å². The zero-order valence-electron chi connectivity index (χ0n) is 15.6. The van der Waals surface area contributed by atoms with Crippen LogP contribution < -0.4 is 15.5 Å². The lowest BCUT2D eigenvalue weighted by Crippen LogP contribution is -2.50. The second-order valence-electron chi connectivity index (χ2n) is 6.63. The number of hydrogen-bond donors (Lipinski definition) is 2. The van der Waals surface area contributed by atoms with Gasteiger partial charge in [0, 0.05) is 44.3 Å². The summed E-state index contributed by atoms with van der Waals surface area (Å²) in [6.45, 7) is 7.00. The smallest absolute Gasteiger partial charge is 0.325 e. The second-order valence-corrected chi connectivity index (χ2v) is 6.63. The van der Waals surface area contributed by atoms with Gasteiger partial charge in [-0.15, -0.1) is 0 Å². The van der Waals surface area contributed by atoms with Gasteiger partial charge in [-0.05, 0) is 31.5 Å². The number of rotatable bonds is 4. The van der Waals surface area contributed by atoms with E-state index in [4.69, 9.17) is 0 Å². The van der Waals surface area contributed by atoms with E-state index in [1.165, 1.54) is 0 Å². The molecule has 1 fully saturated rings. The lowest BCUT2D eigenvalue weighted by molar-refractivity contribution is -0.121. The number of benzene rings is 1. The van der Waals surface area contributed by atoms with Gasteiger partial charge in [-0.1, -0.05) is 17.7 Å². The molecular weight excluding hydrogens is 344 g/mol. The van der Waals surface area contributed by atoms with Crippen LogP contribution in [0.3, 0.4) is 0 Å². The van der Waals surface area contributed by atoms with Crippen LogP contribution in [0.4, 0.5) is 16.4 Å². The molecule has 0 radical (unpaired) electrons. The third kappa shape index (κ3) is 5.24.